The van der Waals surface area contributed by atoms with Crippen molar-refractivity contribution in [1.82, 2.24) is 15.2 Å². The molecule has 0 radical (unpaired) electrons. The first-order chi connectivity index (χ1) is 9.90. The van der Waals surface area contributed by atoms with Crippen molar-refractivity contribution in [2.45, 2.75) is 31.5 Å². The van der Waals surface area contributed by atoms with Gasteiger partial charge in [-0.1, -0.05) is 12.1 Å². The summed E-state index contributed by atoms with van der Waals surface area (Å²) in [6, 6.07) is 10.1. The quantitative estimate of drug-likeness (QED) is 0.893. The Kier molecular flexibility index (Phi) is 4.68. The molecule has 1 aromatic heterocycles. The first kappa shape index (κ1) is 16.5. The van der Waals surface area contributed by atoms with Crippen molar-refractivity contribution in [2.75, 3.05) is 13.1 Å². The molecule has 0 amide bonds. The highest BCUT2D eigenvalue weighted by Crippen LogP contribution is 2.48. The minimum Gasteiger partial charge on any atom is -0.316 e. The van der Waals surface area contributed by atoms with E-state index in [1.54, 1.807) is 0 Å². The van der Waals surface area contributed by atoms with Gasteiger partial charge in [-0.3, -0.25) is 4.90 Å². The molecular formula is C16H21Cl2N3S. The van der Waals surface area contributed by atoms with E-state index in [-0.39, 0.29) is 24.8 Å². The van der Waals surface area contributed by atoms with Gasteiger partial charge in [-0.05, 0) is 49.9 Å². The van der Waals surface area contributed by atoms with E-state index in [2.05, 4.69) is 34.5 Å². The van der Waals surface area contributed by atoms with Crippen molar-refractivity contribution in [3.8, 4) is 0 Å². The maximum atomic E-state index is 4.83. The van der Waals surface area contributed by atoms with Crippen LogP contribution in [-0.4, -0.2) is 35.1 Å². The van der Waals surface area contributed by atoms with Crippen LogP contribution < -0.4 is 5.32 Å². The van der Waals surface area contributed by atoms with Crippen LogP contribution in [0.25, 0.3) is 10.2 Å². The van der Waals surface area contributed by atoms with Gasteiger partial charge in [0.15, 0.2) is 0 Å². The zero-order valence-electron chi connectivity index (χ0n) is 12.3. The predicted molar refractivity (Wildman–Crippen MR) is 96.3 cm³/mol. The average Bonchev–Trinajstić information content (AvgIpc) is 3.18. The van der Waals surface area contributed by atoms with E-state index in [1.807, 2.05) is 11.3 Å². The molecule has 3 aliphatic rings. The normalized spacial score (nSPS) is 32.7. The number of nitrogens with zero attached hydrogens (tertiary/aromatic N) is 2. The zero-order valence-corrected chi connectivity index (χ0v) is 14.7. The Hall–Kier alpha value is -0.390. The molecule has 3 saturated heterocycles. The number of hydrogen-bond donors (Lipinski definition) is 1. The first-order valence-corrected chi connectivity index (χ1v) is 8.53. The highest BCUT2D eigenvalue weighted by molar-refractivity contribution is 7.18. The third-order valence-electron chi connectivity index (χ3n) is 5.56. The lowest BCUT2D eigenvalue weighted by molar-refractivity contribution is 0.218. The number of para-hydroxylation sites is 1. The highest BCUT2D eigenvalue weighted by atomic mass is 35.5. The van der Waals surface area contributed by atoms with Crippen LogP contribution in [0.2, 0.25) is 0 Å². The Balaban J connectivity index is 0.000000720. The molecular weight excluding hydrogens is 337 g/mol. The van der Waals surface area contributed by atoms with Crippen molar-refractivity contribution in [1.29, 1.82) is 0 Å². The number of hydrogen-bond acceptors (Lipinski definition) is 4. The molecule has 2 bridgehead atoms. The molecule has 120 valence electrons. The van der Waals surface area contributed by atoms with E-state index in [0.717, 1.165) is 30.5 Å². The number of halogens is 2. The van der Waals surface area contributed by atoms with Crippen molar-refractivity contribution in [3.63, 3.8) is 0 Å². The molecule has 6 heteroatoms. The Bertz CT molecular complexity index is 611. The second kappa shape index (κ2) is 6.25. The summed E-state index contributed by atoms with van der Waals surface area (Å²) in [4.78, 5) is 7.60. The van der Waals surface area contributed by atoms with Gasteiger partial charge < -0.3 is 5.32 Å². The van der Waals surface area contributed by atoms with Crippen LogP contribution in [0.5, 0.6) is 0 Å². The number of thiazole rings is 1. The van der Waals surface area contributed by atoms with Gasteiger partial charge in [-0.25, -0.2) is 4.98 Å². The first-order valence-electron chi connectivity index (χ1n) is 7.71. The monoisotopic (exact) mass is 357 g/mol. The number of rotatable bonds is 2. The van der Waals surface area contributed by atoms with Crippen LogP contribution in [-0.2, 0) is 6.54 Å². The molecule has 4 heterocycles. The van der Waals surface area contributed by atoms with Crippen LogP contribution in [0.1, 0.15) is 17.8 Å². The molecule has 3 aliphatic heterocycles. The number of nitrogens with one attached hydrogen (secondary N) is 1. The summed E-state index contributed by atoms with van der Waals surface area (Å²) >= 11 is 1.88. The zero-order chi connectivity index (χ0) is 13.1. The van der Waals surface area contributed by atoms with Crippen molar-refractivity contribution in [2.24, 2.45) is 11.8 Å². The summed E-state index contributed by atoms with van der Waals surface area (Å²) in [5.74, 6) is 1.81. The average molecular weight is 358 g/mol. The van der Waals surface area contributed by atoms with Gasteiger partial charge in [0.1, 0.15) is 5.01 Å². The van der Waals surface area contributed by atoms with Crippen LogP contribution in [0.15, 0.2) is 24.3 Å². The maximum Gasteiger partial charge on any atom is 0.108 e. The number of fused-ring (bicyclic) bond motifs is 6. The van der Waals surface area contributed by atoms with E-state index in [0.29, 0.717) is 0 Å². The Morgan fingerprint density at radius 3 is 2.45 bits per heavy atom. The summed E-state index contributed by atoms with van der Waals surface area (Å²) in [6.07, 6.45) is 2.80. The lowest BCUT2D eigenvalue weighted by Crippen LogP contribution is -2.33. The molecule has 0 saturated carbocycles. The van der Waals surface area contributed by atoms with Crippen molar-refractivity contribution in [3.05, 3.63) is 29.3 Å². The van der Waals surface area contributed by atoms with E-state index >= 15 is 0 Å². The second-order valence-corrected chi connectivity index (χ2v) is 7.56. The minimum atomic E-state index is 0. The number of aromatic nitrogens is 1. The van der Waals surface area contributed by atoms with E-state index in [9.17, 15) is 0 Å². The van der Waals surface area contributed by atoms with Gasteiger partial charge in [-0.15, -0.1) is 36.2 Å². The fraction of sp³-hybridized carbons (Fsp3) is 0.562. The van der Waals surface area contributed by atoms with Gasteiger partial charge in [0.05, 0.1) is 16.8 Å². The van der Waals surface area contributed by atoms with Crippen LogP contribution in [0.3, 0.4) is 0 Å². The Labute approximate surface area is 147 Å². The minimum absolute atomic E-state index is 0. The molecule has 22 heavy (non-hydrogen) atoms. The third kappa shape index (κ3) is 2.36. The molecule has 3 fully saturated rings. The maximum absolute atomic E-state index is 4.83. The molecule has 0 unspecified atom stereocenters. The standard InChI is InChI=1S/C16H19N3S.2ClH/c1-2-4-15-12(3-1)18-16(20-15)9-19-13-5-6-14(19)11-8-17-7-10(11)13;;/h1-4,10-11,13-14,17H,5-9H2;2*1H/t10-,11+,13-,14+;;. The van der Waals surface area contributed by atoms with Gasteiger partial charge in [0.25, 0.3) is 0 Å². The lowest BCUT2D eigenvalue weighted by atomic mass is 9.82. The largest absolute Gasteiger partial charge is 0.316 e. The molecule has 3 nitrogen and oxygen atoms in total. The molecule has 4 atom stereocenters. The highest BCUT2D eigenvalue weighted by Gasteiger charge is 2.54. The molecule has 0 aliphatic carbocycles. The fourth-order valence-electron chi connectivity index (χ4n) is 4.78. The lowest BCUT2D eigenvalue weighted by Gasteiger charge is -2.22. The van der Waals surface area contributed by atoms with Gasteiger partial charge in [0, 0.05) is 12.1 Å². The predicted octanol–water partition coefficient (Wildman–Crippen LogP) is 3.32. The molecule has 2 aromatic rings. The van der Waals surface area contributed by atoms with Crippen LogP contribution in [0, 0.1) is 11.8 Å². The van der Waals surface area contributed by atoms with E-state index in [4.69, 9.17) is 4.98 Å². The molecule has 0 spiro atoms. The van der Waals surface area contributed by atoms with Crippen LogP contribution in [0.4, 0.5) is 0 Å². The van der Waals surface area contributed by atoms with E-state index in [1.165, 1.54) is 41.2 Å². The van der Waals surface area contributed by atoms with Gasteiger partial charge >= 0.3 is 0 Å². The van der Waals surface area contributed by atoms with E-state index < -0.39 is 0 Å². The smallest absolute Gasteiger partial charge is 0.108 e. The van der Waals surface area contributed by atoms with Gasteiger partial charge in [-0.2, -0.15) is 0 Å². The van der Waals surface area contributed by atoms with Crippen LogP contribution >= 0.6 is 36.2 Å². The Morgan fingerprint density at radius 2 is 1.77 bits per heavy atom. The topological polar surface area (TPSA) is 28.2 Å². The number of benzene rings is 1. The summed E-state index contributed by atoms with van der Waals surface area (Å²) in [7, 11) is 0. The summed E-state index contributed by atoms with van der Waals surface area (Å²) < 4.78 is 1.33. The van der Waals surface area contributed by atoms with Gasteiger partial charge in [0.2, 0.25) is 0 Å². The van der Waals surface area contributed by atoms with Crippen molar-refractivity contribution < 1.29 is 0 Å². The van der Waals surface area contributed by atoms with Crippen molar-refractivity contribution >= 4 is 46.4 Å². The summed E-state index contributed by atoms with van der Waals surface area (Å²) in [5, 5.41) is 4.89. The fourth-order valence-corrected chi connectivity index (χ4v) is 5.76. The molecule has 1 aromatic carbocycles. The summed E-state index contributed by atoms with van der Waals surface area (Å²) in [6.45, 7) is 3.55. The Morgan fingerprint density at radius 1 is 1.09 bits per heavy atom. The summed E-state index contributed by atoms with van der Waals surface area (Å²) in [5.41, 5.74) is 1.17. The molecule has 5 rings (SSSR count). The SMILES string of the molecule is Cl.Cl.c1ccc2sc(CN3[C@@H]4CC[C@H]3[C@H]3CNC[C@H]34)nc2c1. The third-order valence-corrected chi connectivity index (χ3v) is 6.59. The second-order valence-electron chi connectivity index (χ2n) is 6.45. The molecule has 1 N–H and O–H groups in total.